The average molecular weight is 335 g/mol. The van der Waals surface area contributed by atoms with Gasteiger partial charge in [0, 0.05) is 32.6 Å². The summed E-state index contributed by atoms with van der Waals surface area (Å²) in [5, 5.41) is 2.87. The van der Waals surface area contributed by atoms with E-state index in [0.29, 0.717) is 39.2 Å². The minimum atomic E-state index is -0.447. The lowest BCUT2D eigenvalue weighted by Crippen LogP contribution is -2.61. The number of aromatic nitrogens is 2. The normalized spacial score (nSPS) is 21.8. The monoisotopic (exact) mass is 335 g/mol. The number of urea groups is 1. The molecule has 1 atom stereocenters. The first-order valence-corrected chi connectivity index (χ1v) is 8.50. The molecule has 0 bridgehead atoms. The Kier molecular flexibility index (Phi) is 5.03. The number of rotatable bonds is 5. The lowest BCUT2D eigenvalue weighted by molar-refractivity contribution is -0.136. The number of amides is 3. The fraction of sp³-hybridized carbons (Fsp3) is 0.688. The highest BCUT2D eigenvalue weighted by Crippen LogP contribution is 2.16. The summed E-state index contributed by atoms with van der Waals surface area (Å²) in [5.41, 5.74) is 0. The number of aryl methyl sites for hydroxylation is 1. The van der Waals surface area contributed by atoms with Gasteiger partial charge in [0.15, 0.2) is 0 Å². The van der Waals surface area contributed by atoms with Crippen molar-refractivity contribution in [3.63, 3.8) is 0 Å². The van der Waals surface area contributed by atoms with Crippen LogP contribution in [0.15, 0.2) is 12.4 Å². The van der Waals surface area contributed by atoms with Crippen molar-refractivity contribution in [2.45, 2.75) is 38.5 Å². The first kappa shape index (κ1) is 16.8. The Morgan fingerprint density at radius 3 is 2.92 bits per heavy atom. The van der Waals surface area contributed by atoms with Crippen LogP contribution < -0.4 is 5.32 Å². The zero-order chi connectivity index (χ0) is 17.1. The highest BCUT2D eigenvalue weighted by molar-refractivity contribution is 5.87. The van der Waals surface area contributed by atoms with E-state index in [4.69, 9.17) is 4.74 Å². The quantitative estimate of drug-likeness (QED) is 0.842. The molecule has 3 rings (SSSR count). The van der Waals surface area contributed by atoms with Crippen molar-refractivity contribution in [1.82, 2.24) is 24.7 Å². The molecular formula is C16H25N5O3. The molecule has 0 saturated carbocycles. The van der Waals surface area contributed by atoms with Crippen molar-refractivity contribution in [3.05, 3.63) is 18.2 Å². The molecule has 1 aromatic heterocycles. The molecule has 132 valence electrons. The Morgan fingerprint density at radius 1 is 1.46 bits per heavy atom. The molecule has 0 aliphatic carbocycles. The van der Waals surface area contributed by atoms with Crippen LogP contribution in [0.2, 0.25) is 0 Å². The summed E-state index contributed by atoms with van der Waals surface area (Å²) in [7, 11) is 1.91. The molecule has 8 nitrogen and oxygen atoms in total. The minimum Gasteiger partial charge on any atom is -0.375 e. The van der Waals surface area contributed by atoms with Crippen LogP contribution in [0.3, 0.4) is 0 Å². The number of piperidine rings is 1. The summed E-state index contributed by atoms with van der Waals surface area (Å²) in [6.07, 6.45) is 5.28. The SMILES string of the molecule is CCOC1CN(C(=O)NC2CCCN(Cc3nccn3C)C2=O)C1. The summed E-state index contributed by atoms with van der Waals surface area (Å²) >= 11 is 0. The van der Waals surface area contributed by atoms with Crippen molar-refractivity contribution >= 4 is 11.9 Å². The third kappa shape index (κ3) is 3.53. The van der Waals surface area contributed by atoms with Gasteiger partial charge in [-0.1, -0.05) is 0 Å². The van der Waals surface area contributed by atoms with Crippen LogP contribution in [0.5, 0.6) is 0 Å². The van der Waals surface area contributed by atoms with Crippen LogP contribution in [0.4, 0.5) is 4.79 Å². The van der Waals surface area contributed by atoms with Gasteiger partial charge in [0.05, 0.1) is 25.7 Å². The van der Waals surface area contributed by atoms with Gasteiger partial charge in [-0.2, -0.15) is 0 Å². The Labute approximate surface area is 141 Å². The second-order valence-electron chi connectivity index (χ2n) is 6.34. The van der Waals surface area contributed by atoms with Gasteiger partial charge >= 0.3 is 6.03 Å². The van der Waals surface area contributed by atoms with E-state index >= 15 is 0 Å². The summed E-state index contributed by atoms with van der Waals surface area (Å²) in [5.74, 6) is 0.817. The number of ether oxygens (including phenoxy) is 1. The molecule has 2 fully saturated rings. The zero-order valence-electron chi connectivity index (χ0n) is 14.3. The maximum absolute atomic E-state index is 12.6. The molecule has 2 aliphatic heterocycles. The highest BCUT2D eigenvalue weighted by atomic mass is 16.5. The highest BCUT2D eigenvalue weighted by Gasteiger charge is 2.35. The Hall–Kier alpha value is -2.09. The molecule has 2 aliphatic rings. The smallest absolute Gasteiger partial charge is 0.318 e. The van der Waals surface area contributed by atoms with E-state index in [1.54, 1.807) is 16.0 Å². The van der Waals surface area contributed by atoms with E-state index in [2.05, 4.69) is 10.3 Å². The van der Waals surface area contributed by atoms with Gasteiger partial charge in [0.2, 0.25) is 5.91 Å². The van der Waals surface area contributed by atoms with E-state index in [9.17, 15) is 9.59 Å². The molecule has 1 N–H and O–H groups in total. The molecule has 0 spiro atoms. The van der Waals surface area contributed by atoms with Crippen LogP contribution >= 0.6 is 0 Å². The Morgan fingerprint density at radius 2 is 2.25 bits per heavy atom. The second kappa shape index (κ2) is 7.21. The van der Waals surface area contributed by atoms with Gasteiger partial charge in [0.25, 0.3) is 0 Å². The van der Waals surface area contributed by atoms with Gasteiger partial charge in [-0.05, 0) is 19.8 Å². The van der Waals surface area contributed by atoms with Crippen LogP contribution in [0.25, 0.3) is 0 Å². The van der Waals surface area contributed by atoms with E-state index in [1.807, 2.05) is 24.7 Å². The zero-order valence-corrected chi connectivity index (χ0v) is 14.3. The third-order valence-electron chi connectivity index (χ3n) is 4.62. The average Bonchev–Trinajstić information content (AvgIpc) is 2.91. The maximum Gasteiger partial charge on any atom is 0.318 e. The second-order valence-corrected chi connectivity index (χ2v) is 6.34. The molecule has 2 saturated heterocycles. The number of likely N-dealkylation sites (tertiary alicyclic amines) is 2. The van der Waals surface area contributed by atoms with E-state index in [-0.39, 0.29) is 18.0 Å². The fourth-order valence-corrected chi connectivity index (χ4v) is 3.14. The number of hydrogen-bond acceptors (Lipinski definition) is 4. The number of nitrogens with one attached hydrogen (secondary N) is 1. The number of carbonyl (C=O) groups is 2. The van der Waals surface area contributed by atoms with Crippen LogP contribution in [0.1, 0.15) is 25.6 Å². The fourth-order valence-electron chi connectivity index (χ4n) is 3.14. The molecule has 3 amide bonds. The van der Waals surface area contributed by atoms with Crippen molar-refractivity contribution in [1.29, 1.82) is 0 Å². The number of hydrogen-bond donors (Lipinski definition) is 1. The van der Waals surface area contributed by atoms with Gasteiger partial charge in [-0.15, -0.1) is 0 Å². The summed E-state index contributed by atoms with van der Waals surface area (Å²) in [6.45, 7) is 4.97. The minimum absolute atomic E-state index is 0.0283. The van der Waals surface area contributed by atoms with Gasteiger partial charge in [0.1, 0.15) is 11.9 Å². The van der Waals surface area contributed by atoms with E-state index in [0.717, 1.165) is 12.2 Å². The summed E-state index contributed by atoms with van der Waals surface area (Å²) < 4.78 is 7.36. The molecule has 3 heterocycles. The lowest BCUT2D eigenvalue weighted by Gasteiger charge is -2.40. The molecule has 0 radical (unpaired) electrons. The standard InChI is InChI=1S/C16H25N5O3/c1-3-24-12-9-21(10-12)16(23)18-13-5-4-7-20(15(13)22)11-14-17-6-8-19(14)2/h6,8,12-13H,3-5,7,9-11H2,1-2H3,(H,18,23). The molecule has 1 unspecified atom stereocenters. The summed E-state index contributed by atoms with van der Waals surface area (Å²) in [4.78, 5) is 32.6. The summed E-state index contributed by atoms with van der Waals surface area (Å²) in [6, 6.07) is -0.624. The molecule has 24 heavy (non-hydrogen) atoms. The van der Waals surface area contributed by atoms with Crippen molar-refractivity contribution in [2.24, 2.45) is 7.05 Å². The number of imidazole rings is 1. The molecule has 8 heteroatoms. The lowest BCUT2D eigenvalue weighted by atomic mass is 10.0. The first-order chi connectivity index (χ1) is 11.6. The van der Waals surface area contributed by atoms with Crippen molar-refractivity contribution < 1.29 is 14.3 Å². The van der Waals surface area contributed by atoms with Crippen molar-refractivity contribution in [2.75, 3.05) is 26.2 Å². The number of nitrogens with zero attached hydrogens (tertiary/aromatic N) is 4. The van der Waals surface area contributed by atoms with Gasteiger partial charge < -0.3 is 24.4 Å². The third-order valence-corrected chi connectivity index (χ3v) is 4.62. The topological polar surface area (TPSA) is 79.7 Å². The molecule has 0 aromatic carbocycles. The van der Waals surface area contributed by atoms with Gasteiger partial charge in [-0.3, -0.25) is 4.79 Å². The van der Waals surface area contributed by atoms with Crippen LogP contribution in [0, 0.1) is 0 Å². The van der Waals surface area contributed by atoms with Crippen LogP contribution in [-0.4, -0.2) is 69.7 Å². The predicted octanol–water partition coefficient (Wildman–Crippen LogP) is 0.341. The Bertz CT molecular complexity index is 596. The van der Waals surface area contributed by atoms with E-state index in [1.165, 1.54) is 0 Å². The Balaban J connectivity index is 1.52. The van der Waals surface area contributed by atoms with E-state index < -0.39 is 6.04 Å². The van der Waals surface area contributed by atoms with Gasteiger partial charge in [-0.25, -0.2) is 9.78 Å². The number of carbonyl (C=O) groups excluding carboxylic acids is 2. The largest absolute Gasteiger partial charge is 0.375 e. The predicted molar refractivity (Wildman–Crippen MR) is 87.2 cm³/mol. The maximum atomic E-state index is 12.6. The van der Waals surface area contributed by atoms with Crippen molar-refractivity contribution in [3.8, 4) is 0 Å². The molecular weight excluding hydrogens is 310 g/mol. The first-order valence-electron chi connectivity index (χ1n) is 8.50. The molecule has 1 aromatic rings. The van der Waals surface area contributed by atoms with Crippen LogP contribution in [-0.2, 0) is 23.1 Å².